The van der Waals surface area contributed by atoms with Crippen LogP contribution < -0.4 is 0 Å². The molecule has 0 spiro atoms. The molecule has 0 amide bonds. The molecule has 0 saturated carbocycles. The number of aliphatic hydroxyl groups is 1. The van der Waals surface area contributed by atoms with E-state index in [-0.39, 0.29) is 0 Å². The second-order valence-electron chi connectivity index (χ2n) is 3.37. The van der Waals surface area contributed by atoms with Gasteiger partial charge in [0.15, 0.2) is 0 Å². The molecule has 2 rings (SSSR count). The van der Waals surface area contributed by atoms with Crippen LogP contribution in [0.5, 0.6) is 0 Å². The molecule has 0 radical (unpaired) electrons. The van der Waals surface area contributed by atoms with Crippen LogP contribution in [0.4, 0.5) is 0 Å². The SMILES string of the molecule is OC(c1cccc(Cl)c1)c1ccnc(Cl)c1. The van der Waals surface area contributed by atoms with Crippen molar-refractivity contribution in [2.24, 2.45) is 0 Å². The summed E-state index contributed by atoms with van der Waals surface area (Å²) in [5.74, 6) is 0. The zero-order valence-electron chi connectivity index (χ0n) is 8.27. The zero-order valence-corrected chi connectivity index (χ0v) is 9.78. The van der Waals surface area contributed by atoms with E-state index in [1.165, 1.54) is 0 Å². The highest BCUT2D eigenvalue weighted by Gasteiger charge is 2.11. The van der Waals surface area contributed by atoms with Crippen LogP contribution in [-0.2, 0) is 0 Å². The van der Waals surface area contributed by atoms with Crippen LogP contribution >= 0.6 is 23.2 Å². The molecule has 1 unspecified atom stereocenters. The quantitative estimate of drug-likeness (QED) is 0.832. The van der Waals surface area contributed by atoms with Crippen LogP contribution in [0.15, 0.2) is 42.6 Å². The largest absolute Gasteiger partial charge is 0.384 e. The number of nitrogens with zero attached hydrogens (tertiary/aromatic N) is 1. The van der Waals surface area contributed by atoms with Gasteiger partial charge in [0.1, 0.15) is 11.3 Å². The average Bonchev–Trinajstić information content (AvgIpc) is 2.28. The molecular weight excluding hydrogens is 245 g/mol. The second kappa shape index (κ2) is 4.83. The van der Waals surface area contributed by atoms with Gasteiger partial charge in [-0.15, -0.1) is 0 Å². The van der Waals surface area contributed by atoms with Crippen LogP contribution in [0.3, 0.4) is 0 Å². The van der Waals surface area contributed by atoms with Gasteiger partial charge in [0.2, 0.25) is 0 Å². The predicted octanol–water partition coefficient (Wildman–Crippen LogP) is 3.47. The number of benzene rings is 1. The van der Waals surface area contributed by atoms with Crippen LogP contribution in [0, 0.1) is 0 Å². The molecule has 0 aliphatic heterocycles. The topological polar surface area (TPSA) is 33.1 Å². The minimum atomic E-state index is -0.737. The third-order valence-corrected chi connectivity index (χ3v) is 2.67. The maximum absolute atomic E-state index is 10.1. The standard InChI is InChI=1S/C12H9Cl2NO/c13-10-3-1-2-8(6-10)12(16)9-4-5-15-11(14)7-9/h1-7,12,16H. The lowest BCUT2D eigenvalue weighted by molar-refractivity contribution is 0.220. The van der Waals surface area contributed by atoms with E-state index < -0.39 is 6.10 Å². The summed E-state index contributed by atoms with van der Waals surface area (Å²) in [5.41, 5.74) is 1.43. The highest BCUT2D eigenvalue weighted by atomic mass is 35.5. The van der Waals surface area contributed by atoms with Gasteiger partial charge in [-0.25, -0.2) is 4.98 Å². The Labute approximate surface area is 103 Å². The number of hydrogen-bond donors (Lipinski definition) is 1. The van der Waals surface area contributed by atoms with Gasteiger partial charge in [-0.05, 0) is 35.4 Å². The molecule has 0 aliphatic rings. The highest BCUT2D eigenvalue weighted by Crippen LogP contribution is 2.24. The smallest absolute Gasteiger partial charge is 0.129 e. The van der Waals surface area contributed by atoms with E-state index in [4.69, 9.17) is 23.2 Å². The predicted molar refractivity (Wildman–Crippen MR) is 64.8 cm³/mol. The Morgan fingerprint density at radius 1 is 1.06 bits per heavy atom. The van der Waals surface area contributed by atoms with Crippen molar-refractivity contribution in [1.82, 2.24) is 4.98 Å². The zero-order chi connectivity index (χ0) is 11.5. The molecule has 0 bridgehead atoms. The molecule has 1 aromatic heterocycles. The fourth-order valence-corrected chi connectivity index (χ4v) is 1.84. The third-order valence-electron chi connectivity index (χ3n) is 2.23. The highest BCUT2D eigenvalue weighted by molar-refractivity contribution is 6.30. The van der Waals surface area contributed by atoms with Gasteiger partial charge in [-0.3, -0.25) is 0 Å². The maximum Gasteiger partial charge on any atom is 0.129 e. The summed E-state index contributed by atoms with van der Waals surface area (Å²) in [4.78, 5) is 3.86. The van der Waals surface area contributed by atoms with Crippen LogP contribution in [-0.4, -0.2) is 10.1 Å². The Kier molecular flexibility index (Phi) is 3.44. The van der Waals surface area contributed by atoms with E-state index in [1.807, 2.05) is 6.07 Å². The van der Waals surface area contributed by atoms with Gasteiger partial charge < -0.3 is 5.11 Å². The molecule has 2 nitrogen and oxygen atoms in total. The van der Waals surface area contributed by atoms with Crippen molar-refractivity contribution < 1.29 is 5.11 Å². The van der Waals surface area contributed by atoms with Crippen molar-refractivity contribution in [2.75, 3.05) is 0 Å². The summed E-state index contributed by atoms with van der Waals surface area (Å²) in [6.07, 6.45) is 0.824. The molecule has 0 saturated heterocycles. The molecule has 82 valence electrons. The van der Waals surface area contributed by atoms with E-state index in [0.717, 1.165) is 5.56 Å². The minimum absolute atomic E-state index is 0.360. The lowest BCUT2D eigenvalue weighted by Crippen LogP contribution is -1.99. The average molecular weight is 254 g/mol. The summed E-state index contributed by atoms with van der Waals surface area (Å²) >= 11 is 11.6. The Bertz CT molecular complexity index is 456. The first-order valence-corrected chi connectivity index (χ1v) is 5.47. The summed E-state index contributed by atoms with van der Waals surface area (Å²) in [5, 5.41) is 11.0. The molecule has 2 aromatic rings. The Morgan fingerprint density at radius 2 is 1.81 bits per heavy atom. The maximum atomic E-state index is 10.1. The number of pyridine rings is 1. The van der Waals surface area contributed by atoms with Crippen molar-refractivity contribution in [3.63, 3.8) is 0 Å². The first-order chi connectivity index (χ1) is 7.66. The fourth-order valence-electron chi connectivity index (χ4n) is 1.46. The van der Waals surface area contributed by atoms with Crippen molar-refractivity contribution in [3.05, 3.63) is 63.9 Å². The van der Waals surface area contributed by atoms with E-state index in [1.54, 1.807) is 36.5 Å². The number of halogens is 2. The minimum Gasteiger partial charge on any atom is -0.384 e. The second-order valence-corrected chi connectivity index (χ2v) is 4.19. The summed E-state index contributed by atoms with van der Waals surface area (Å²) in [7, 11) is 0. The van der Waals surface area contributed by atoms with Crippen molar-refractivity contribution in [1.29, 1.82) is 0 Å². The lowest BCUT2D eigenvalue weighted by Gasteiger charge is -2.11. The van der Waals surface area contributed by atoms with E-state index >= 15 is 0 Å². The number of aromatic nitrogens is 1. The summed E-state index contributed by atoms with van der Waals surface area (Å²) < 4.78 is 0. The van der Waals surface area contributed by atoms with Gasteiger partial charge in [0.05, 0.1) is 0 Å². The van der Waals surface area contributed by atoms with Crippen molar-refractivity contribution in [3.8, 4) is 0 Å². The summed E-state index contributed by atoms with van der Waals surface area (Å²) in [6.45, 7) is 0. The van der Waals surface area contributed by atoms with Crippen molar-refractivity contribution in [2.45, 2.75) is 6.10 Å². The number of hydrogen-bond acceptors (Lipinski definition) is 2. The molecule has 1 atom stereocenters. The molecule has 16 heavy (non-hydrogen) atoms. The van der Waals surface area contributed by atoms with Crippen LogP contribution in [0.1, 0.15) is 17.2 Å². The van der Waals surface area contributed by atoms with Crippen LogP contribution in [0.25, 0.3) is 0 Å². The van der Waals surface area contributed by atoms with Crippen molar-refractivity contribution >= 4 is 23.2 Å². The fraction of sp³-hybridized carbons (Fsp3) is 0.0833. The third kappa shape index (κ3) is 2.53. The Hall–Kier alpha value is -1.09. The van der Waals surface area contributed by atoms with E-state index in [9.17, 15) is 5.11 Å². The molecule has 4 heteroatoms. The monoisotopic (exact) mass is 253 g/mol. The van der Waals surface area contributed by atoms with Gasteiger partial charge in [-0.2, -0.15) is 0 Å². The first-order valence-electron chi connectivity index (χ1n) is 4.72. The molecule has 1 heterocycles. The van der Waals surface area contributed by atoms with Gasteiger partial charge in [0.25, 0.3) is 0 Å². The number of rotatable bonds is 2. The van der Waals surface area contributed by atoms with Gasteiger partial charge in [-0.1, -0.05) is 35.3 Å². The molecule has 0 aliphatic carbocycles. The van der Waals surface area contributed by atoms with Gasteiger partial charge >= 0.3 is 0 Å². The first kappa shape index (κ1) is 11.4. The molecule has 0 fully saturated rings. The van der Waals surface area contributed by atoms with E-state index in [0.29, 0.717) is 15.7 Å². The van der Waals surface area contributed by atoms with Crippen LogP contribution in [0.2, 0.25) is 10.2 Å². The number of aliphatic hydroxyl groups excluding tert-OH is 1. The molecular formula is C12H9Cl2NO. The lowest BCUT2D eigenvalue weighted by atomic mass is 10.0. The van der Waals surface area contributed by atoms with Gasteiger partial charge in [0, 0.05) is 11.2 Å². The normalized spacial score (nSPS) is 12.4. The summed E-state index contributed by atoms with van der Waals surface area (Å²) in [6, 6.07) is 10.4. The molecule has 1 aromatic carbocycles. The molecule has 1 N–H and O–H groups in total. The Morgan fingerprint density at radius 3 is 2.50 bits per heavy atom. The Balaban J connectivity index is 2.35. The van der Waals surface area contributed by atoms with E-state index in [2.05, 4.69) is 4.98 Å².